The normalized spacial score (nSPS) is 17.0. The number of ether oxygens (including phenoxy) is 2. The van der Waals surface area contributed by atoms with Crippen molar-refractivity contribution in [3.63, 3.8) is 0 Å². The maximum Gasteiger partial charge on any atom is 0.239 e. The fraction of sp³-hybridized carbons (Fsp3) is 0.216. The monoisotopic (exact) mass is 648 g/mol. The number of hydrogen-bond acceptors (Lipinski definition) is 8. The number of nitrogens with zero attached hydrogens (tertiary/aromatic N) is 2. The van der Waals surface area contributed by atoms with Crippen LogP contribution in [0.2, 0.25) is 0 Å². The van der Waals surface area contributed by atoms with Crippen molar-refractivity contribution >= 4 is 50.3 Å². The van der Waals surface area contributed by atoms with Crippen molar-refractivity contribution in [1.82, 2.24) is 0 Å². The van der Waals surface area contributed by atoms with E-state index in [2.05, 4.69) is 21.3 Å². The van der Waals surface area contributed by atoms with Crippen LogP contribution in [0.3, 0.4) is 0 Å². The molecule has 2 aromatic carbocycles. The number of Topliss-reactive ketones (excluding diaryl/α,β-unsaturated/α-hetero) is 2. The summed E-state index contributed by atoms with van der Waals surface area (Å²) in [5, 5.41) is 15.4. The van der Waals surface area contributed by atoms with Crippen molar-refractivity contribution in [3.8, 4) is 24.7 Å². The van der Waals surface area contributed by atoms with Gasteiger partial charge in [-0.15, -0.1) is 24.2 Å². The minimum absolute atomic E-state index is 0.0849. The van der Waals surface area contributed by atoms with Crippen molar-refractivity contribution < 1.29 is 28.7 Å². The van der Waals surface area contributed by atoms with Gasteiger partial charge in [0, 0.05) is 45.7 Å². The minimum Gasteiger partial charge on any atom is -0.871 e. The zero-order valence-electron chi connectivity index (χ0n) is 25.1. The van der Waals surface area contributed by atoms with Crippen molar-refractivity contribution in [3.05, 3.63) is 117 Å². The Labute approximate surface area is 277 Å². The van der Waals surface area contributed by atoms with Gasteiger partial charge in [-0.2, -0.15) is 0 Å². The standard InChI is InChI=1S/C37H32N2O5S2/c1-3-21-43-23-19-38(25-27-11-7-5-8-12-27)31-17-15-29(45-31)33-35(40)34(37(42)36(33)41)30-16-18-32(46-30)39(20-24-44-22-4-2)26-28-13-9-6-10-14-28/h1-2,5-18H,19-26H2. The van der Waals surface area contributed by atoms with E-state index in [9.17, 15) is 14.7 Å². The number of ketones is 2. The average molecular weight is 649 g/mol. The summed E-state index contributed by atoms with van der Waals surface area (Å²) in [7, 11) is 0. The van der Waals surface area contributed by atoms with E-state index in [0.29, 0.717) is 49.2 Å². The Morgan fingerprint density at radius 1 is 0.804 bits per heavy atom. The van der Waals surface area contributed by atoms with Gasteiger partial charge in [-0.25, -0.2) is 4.58 Å². The van der Waals surface area contributed by atoms with Gasteiger partial charge in [0.25, 0.3) is 0 Å². The molecule has 3 aromatic rings. The Balaban J connectivity index is 1.41. The number of carbonyl (C=O) groups excluding carboxylic acids is 2. The van der Waals surface area contributed by atoms with Crippen molar-refractivity contribution in [1.29, 1.82) is 0 Å². The van der Waals surface area contributed by atoms with E-state index in [1.54, 1.807) is 12.1 Å². The van der Waals surface area contributed by atoms with Crippen LogP contribution in [0.1, 0.15) is 16.0 Å². The molecule has 9 heteroatoms. The number of benzene rings is 2. The molecule has 2 aliphatic rings. The molecule has 1 aliphatic heterocycles. The minimum atomic E-state index is -0.779. The molecule has 0 spiro atoms. The first-order chi connectivity index (χ1) is 22.5. The molecule has 0 amide bonds. The van der Waals surface area contributed by atoms with Crippen LogP contribution in [0, 0.1) is 24.7 Å². The van der Waals surface area contributed by atoms with Gasteiger partial charge in [0.05, 0.1) is 11.6 Å². The Kier molecular flexibility index (Phi) is 11.4. The second kappa shape index (κ2) is 16.1. The van der Waals surface area contributed by atoms with Crippen LogP contribution >= 0.6 is 23.1 Å². The number of anilines is 1. The molecule has 0 fully saturated rings. The van der Waals surface area contributed by atoms with E-state index < -0.39 is 17.3 Å². The van der Waals surface area contributed by atoms with E-state index >= 15 is 0 Å². The Hall–Kier alpha value is -4.64. The highest BCUT2D eigenvalue weighted by molar-refractivity contribution is 8.18. The average Bonchev–Trinajstić information content (AvgIpc) is 3.80. The largest absolute Gasteiger partial charge is 0.871 e. The highest BCUT2D eigenvalue weighted by Gasteiger charge is 2.37. The number of allylic oxidation sites excluding steroid dienone is 3. The first kappa shape index (κ1) is 32.7. The van der Waals surface area contributed by atoms with Crippen LogP contribution < -0.4 is 10.0 Å². The number of terminal acetylenes is 2. The fourth-order valence-corrected chi connectivity index (χ4v) is 7.16. The van der Waals surface area contributed by atoms with Gasteiger partial charge < -0.3 is 19.5 Å². The first-order valence-electron chi connectivity index (χ1n) is 14.7. The van der Waals surface area contributed by atoms with Crippen LogP contribution in [0.15, 0.2) is 101 Å². The molecule has 232 valence electrons. The lowest BCUT2D eigenvalue weighted by atomic mass is 10.1. The third-order valence-electron chi connectivity index (χ3n) is 7.23. The molecule has 0 unspecified atom stereocenters. The summed E-state index contributed by atoms with van der Waals surface area (Å²) in [5.74, 6) is 2.84. The molecule has 7 nitrogen and oxygen atoms in total. The van der Waals surface area contributed by atoms with Crippen LogP contribution in [0.25, 0.3) is 5.57 Å². The summed E-state index contributed by atoms with van der Waals surface area (Å²) < 4.78 is 13.2. The SMILES string of the molecule is C#CCOCCN(Cc1ccccc1)c1ccc(C2=C([O-])/C(=C3C=C/C(=[N+](\CCOCC#C)Cc4ccccc4)S\3)C(=O)C2=O)s1. The summed E-state index contributed by atoms with van der Waals surface area (Å²) >= 11 is 2.61. The van der Waals surface area contributed by atoms with Gasteiger partial charge in [-0.05, 0) is 35.5 Å². The number of thiophene rings is 1. The van der Waals surface area contributed by atoms with Crippen molar-refractivity contribution in [2.24, 2.45) is 0 Å². The Morgan fingerprint density at radius 2 is 1.46 bits per heavy atom. The van der Waals surface area contributed by atoms with E-state index in [1.807, 2.05) is 72.8 Å². The van der Waals surface area contributed by atoms with Crippen molar-refractivity contribution in [2.45, 2.75) is 13.1 Å². The van der Waals surface area contributed by atoms with Gasteiger partial charge in [0.15, 0.2) is 13.1 Å². The molecule has 0 radical (unpaired) electrons. The molecular formula is C37H32N2O5S2. The summed E-state index contributed by atoms with van der Waals surface area (Å²) in [6.45, 7) is 3.54. The van der Waals surface area contributed by atoms with E-state index in [-0.39, 0.29) is 24.4 Å². The van der Waals surface area contributed by atoms with Crippen LogP contribution in [0.5, 0.6) is 0 Å². The first-order valence-corrected chi connectivity index (χ1v) is 16.3. The smallest absolute Gasteiger partial charge is 0.239 e. The molecule has 46 heavy (non-hydrogen) atoms. The number of rotatable bonds is 14. The lowest BCUT2D eigenvalue weighted by Gasteiger charge is -2.23. The molecular weight excluding hydrogens is 617 g/mol. The molecule has 1 aromatic heterocycles. The molecule has 2 heterocycles. The van der Waals surface area contributed by atoms with E-state index in [4.69, 9.17) is 22.3 Å². The lowest BCUT2D eigenvalue weighted by Crippen LogP contribution is -2.26. The van der Waals surface area contributed by atoms with Crippen LogP contribution in [-0.2, 0) is 32.2 Å². The molecule has 0 bridgehead atoms. The second-order valence-corrected chi connectivity index (χ2v) is 12.5. The molecule has 1 aliphatic carbocycles. The van der Waals surface area contributed by atoms with Crippen LogP contribution in [0.4, 0.5) is 5.00 Å². The maximum absolute atomic E-state index is 13.7. The predicted molar refractivity (Wildman–Crippen MR) is 182 cm³/mol. The highest BCUT2D eigenvalue weighted by atomic mass is 32.2. The van der Waals surface area contributed by atoms with Gasteiger partial charge >= 0.3 is 0 Å². The van der Waals surface area contributed by atoms with Crippen LogP contribution in [-0.4, -0.2) is 60.7 Å². The predicted octanol–water partition coefficient (Wildman–Crippen LogP) is 4.45. The summed E-state index contributed by atoms with van der Waals surface area (Å²) in [6.07, 6.45) is 14.3. The van der Waals surface area contributed by atoms with Crippen molar-refractivity contribution in [2.75, 3.05) is 44.4 Å². The molecule has 5 rings (SSSR count). The number of hydrogen-bond donors (Lipinski definition) is 0. The molecule has 0 saturated heterocycles. The third kappa shape index (κ3) is 7.95. The third-order valence-corrected chi connectivity index (χ3v) is 9.56. The fourth-order valence-electron chi connectivity index (χ4n) is 5.02. The van der Waals surface area contributed by atoms with E-state index in [1.165, 1.54) is 23.1 Å². The Bertz CT molecular complexity index is 1790. The molecule has 0 saturated carbocycles. The highest BCUT2D eigenvalue weighted by Crippen LogP contribution is 2.41. The quantitative estimate of drug-likeness (QED) is 0.0841. The second-order valence-electron chi connectivity index (χ2n) is 10.3. The summed E-state index contributed by atoms with van der Waals surface area (Å²) in [6, 6.07) is 23.5. The topological polar surface area (TPSA) is 81.9 Å². The Morgan fingerprint density at radius 3 is 2.15 bits per heavy atom. The van der Waals surface area contributed by atoms with Gasteiger partial charge in [0.2, 0.25) is 16.6 Å². The summed E-state index contributed by atoms with van der Waals surface area (Å²) in [4.78, 5) is 29.6. The van der Waals surface area contributed by atoms with Gasteiger partial charge in [-0.3, -0.25) is 9.59 Å². The van der Waals surface area contributed by atoms with E-state index in [0.717, 1.165) is 21.2 Å². The number of carbonyl (C=O) groups is 2. The molecule has 0 N–H and O–H groups in total. The van der Waals surface area contributed by atoms with Gasteiger partial charge in [-0.1, -0.05) is 78.3 Å². The molecule has 0 atom stereocenters. The van der Waals surface area contributed by atoms with Gasteiger partial charge in [0.1, 0.15) is 19.8 Å². The maximum atomic E-state index is 13.7. The number of thioether (sulfide) groups is 1. The zero-order valence-corrected chi connectivity index (χ0v) is 26.8. The summed E-state index contributed by atoms with van der Waals surface area (Å²) in [5.41, 5.74) is 2.02. The lowest BCUT2D eigenvalue weighted by molar-refractivity contribution is -0.543. The zero-order chi connectivity index (χ0) is 32.3.